The SMILES string of the molecule is CCC1CCCCC1C(NC)C(C)(C)N1CCCC1. The van der Waals surface area contributed by atoms with Gasteiger partial charge in [0, 0.05) is 11.6 Å². The first-order valence-corrected chi connectivity index (χ1v) is 8.53. The van der Waals surface area contributed by atoms with Crippen molar-refractivity contribution in [3.05, 3.63) is 0 Å². The van der Waals surface area contributed by atoms with Crippen LogP contribution in [0, 0.1) is 11.8 Å². The van der Waals surface area contributed by atoms with Gasteiger partial charge >= 0.3 is 0 Å². The maximum absolute atomic E-state index is 3.71. The summed E-state index contributed by atoms with van der Waals surface area (Å²) < 4.78 is 0. The second-order valence-electron chi connectivity index (χ2n) is 7.23. The third kappa shape index (κ3) is 3.16. The highest BCUT2D eigenvalue weighted by molar-refractivity contribution is 5.00. The molecule has 0 radical (unpaired) electrons. The number of hydrogen-bond donors (Lipinski definition) is 1. The highest BCUT2D eigenvalue weighted by atomic mass is 15.2. The first-order chi connectivity index (χ1) is 9.11. The fraction of sp³-hybridized carbons (Fsp3) is 1.00. The van der Waals surface area contributed by atoms with Crippen LogP contribution in [0.3, 0.4) is 0 Å². The van der Waals surface area contributed by atoms with Crippen molar-refractivity contribution in [1.29, 1.82) is 0 Å². The molecule has 1 N–H and O–H groups in total. The number of nitrogens with zero attached hydrogens (tertiary/aromatic N) is 1. The molecule has 112 valence electrons. The average Bonchev–Trinajstić information content (AvgIpc) is 2.94. The molecule has 0 bridgehead atoms. The maximum Gasteiger partial charge on any atom is 0.0308 e. The Balaban J connectivity index is 2.12. The number of nitrogens with one attached hydrogen (secondary N) is 1. The normalized spacial score (nSPS) is 31.6. The molecule has 0 aromatic heterocycles. The van der Waals surface area contributed by atoms with Crippen LogP contribution in [0.25, 0.3) is 0 Å². The molecule has 1 saturated carbocycles. The Morgan fingerprint density at radius 3 is 2.32 bits per heavy atom. The van der Waals surface area contributed by atoms with Crippen LogP contribution >= 0.6 is 0 Å². The predicted molar refractivity (Wildman–Crippen MR) is 83.5 cm³/mol. The largest absolute Gasteiger partial charge is 0.315 e. The summed E-state index contributed by atoms with van der Waals surface area (Å²) in [4.78, 5) is 2.73. The Hall–Kier alpha value is -0.0800. The second-order valence-corrected chi connectivity index (χ2v) is 7.23. The molecule has 2 aliphatic rings. The van der Waals surface area contributed by atoms with Crippen LogP contribution in [-0.4, -0.2) is 36.6 Å². The van der Waals surface area contributed by atoms with Crippen molar-refractivity contribution in [1.82, 2.24) is 10.2 Å². The molecule has 1 saturated heterocycles. The van der Waals surface area contributed by atoms with Crippen LogP contribution in [0.1, 0.15) is 65.7 Å². The van der Waals surface area contributed by atoms with E-state index in [2.05, 4.69) is 38.0 Å². The molecule has 1 aliphatic carbocycles. The van der Waals surface area contributed by atoms with E-state index < -0.39 is 0 Å². The first-order valence-electron chi connectivity index (χ1n) is 8.53. The van der Waals surface area contributed by atoms with Crippen LogP contribution in [0.5, 0.6) is 0 Å². The van der Waals surface area contributed by atoms with Gasteiger partial charge in [0.15, 0.2) is 0 Å². The first kappa shape index (κ1) is 15.3. The van der Waals surface area contributed by atoms with Crippen LogP contribution in [0.15, 0.2) is 0 Å². The van der Waals surface area contributed by atoms with Gasteiger partial charge in [0.2, 0.25) is 0 Å². The van der Waals surface area contributed by atoms with Crippen LogP contribution < -0.4 is 5.32 Å². The molecule has 1 heterocycles. The molecule has 2 fully saturated rings. The van der Waals surface area contributed by atoms with Crippen molar-refractivity contribution in [3.8, 4) is 0 Å². The zero-order valence-electron chi connectivity index (χ0n) is 13.5. The van der Waals surface area contributed by atoms with E-state index in [0.717, 1.165) is 11.8 Å². The zero-order chi connectivity index (χ0) is 13.9. The summed E-state index contributed by atoms with van der Waals surface area (Å²) in [5.74, 6) is 1.81. The lowest BCUT2D eigenvalue weighted by Gasteiger charge is -2.48. The minimum absolute atomic E-state index is 0.306. The molecular weight excluding hydrogens is 232 g/mol. The molecule has 0 aromatic carbocycles. The van der Waals surface area contributed by atoms with E-state index in [1.165, 1.54) is 58.0 Å². The van der Waals surface area contributed by atoms with Crippen molar-refractivity contribution in [2.24, 2.45) is 11.8 Å². The molecule has 19 heavy (non-hydrogen) atoms. The minimum atomic E-state index is 0.306. The molecule has 2 heteroatoms. The van der Waals surface area contributed by atoms with Crippen molar-refractivity contribution in [2.45, 2.75) is 77.3 Å². The van der Waals surface area contributed by atoms with Gasteiger partial charge in [-0.15, -0.1) is 0 Å². The lowest BCUT2D eigenvalue weighted by molar-refractivity contribution is 0.0461. The summed E-state index contributed by atoms with van der Waals surface area (Å²) in [6.07, 6.45) is 9.92. The van der Waals surface area contributed by atoms with Gasteiger partial charge in [-0.3, -0.25) is 4.90 Å². The number of likely N-dealkylation sites (N-methyl/N-ethyl adjacent to an activating group) is 1. The third-order valence-electron chi connectivity index (χ3n) is 5.91. The van der Waals surface area contributed by atoms with Gasteiger partial charge in [-0.05, 0) is 65.1 Å². The third-order valence-corrected chi connectivity index (χ3v) is 5.91. The molecular formula is C17H34N2. The minimum Gasteiger partial charge on any atom is -0.315 e. The number of hydrogen-bond acceptors (Lipinski definition) is 2. The van der Waals surface area contributed by atoms with Crippen LogP contribution in [0.2, 0.25) is 0 Å². The molecule has 3 atom stereocenters. The van der Waals surface area contributed by atoms with Gasteiger partial charge in [-0.25, -0.2) is 0 Å². The number of rotatable bonds is 5. The second kappa shape index (κ2) is 6.58. The fourth-order valence-electron chi connectivity index (χ4n) is 4.76. The molecule has 2 rings (SSSR count). The molecule has 0 aromatic rings. The van der Waals surface area contributed by atoms with E-state index in [4.69, 9.17) is 0 Å². The number of likely N-dealkylation sites (tertiary alicyclic amines) is 1. The van der Waals surface area contributed by atoms with Gasteiger partial charge in [0.1, 0.15) is 0 Å². The molecule has 3 unspecified atom stereocenters. The van der Waals surface area contributed by atoms with Gasteiger partial charge < -0.3 is 5.32 Å². The summed E-state index contributed by atoms with van der Waals surface area (Å²) in [6, 6.07) is 0.649. The van der Waals surface area contributed by atoms with Crippen molar-refractivity contribution in [2.75, 3.05) is 20.1 Å². The van der Waals surface area contributed by atoms with Gasteiger partial charge in [0.25, 0.3) is 0 Å². The highest BCUT2D eigenvalue weighted by Gasteiger charge is 2.42. The Kier molecular flexibility index (Phi) is 5.30. The zero-order valence-corrected chi connectivity index (χ0v) is 13.5. The maximum atomic E-state index is 3.71. The van der Waals surface area contributed by atoms with E-state index >= 15 is 0 Å². The van der Waals surface area contributed by atoms with Crippen LogP contribution in [-0.2, 0) is 0 Å². The van der Waals surface area contributed by atoms with Crippen LogP contribution in [0.4, 0.5) is 0 Å². The topological polar surface area (TPSA) is 15.3 Å². The van der Waals surface area contributed by atoms with E-state index in [-0.39, 0.29) is 0 Å². The average molecular weight is 266 g/mol. The lowest BCUT2D eigenvalue weighted by Crippen LogP contribution is -2.60. The van der Waals surface area contributed by atoms with E-state index in [1.54, 1.807) is 0 Å². The highest BCUT2D eigenvalue weighted by Crippen LogP contribution is 2.39. The Bertz CT molecular complexity index is 268. The van der Waals surface area contributed by atoms with Crippen molar-refractivity contribution in [3.63, 3.8) is 0 Å². The summed E-state index contributed by atoms with van der Waals surface area (Å²) in [5, 5.41) is 3.71. The summed E-state index contributed by atoms with van der Waals surface area (Å²) in [6.45, 7) is 9.93. The molecule has 1 aliphatic heterocycles. The van der Waals surface area contributed by atoms with Crippen molar-refractivity contribution >= 4 is 0 Å². The van der Waals surface area contributed by atoms with E-state index in [9.17, 15) is 0 Å². The molecule has 0 spiro atoms. The summed E-state index contributed by atoms with van der Waals surface area (Å²) in [5.41, 5.74) is 0.306. The Labute approximate surface area is 120 Å². The smallest absolute Gasteiger partial charge is 0.0308 e. The molecule has 0 amide bonds. The Morgan fingerprint density at radius 2 is 1.74 bits per heavy atom. The molecule has 2 nitrogen and oxygen atoms in total. The monoisotopic (exact) mass is 266 g/mol. The lowest BCUT2D eigenvalue weighted by atomic mass is 9.69. The predicted octanol–water partition coefficient (Wildman–Crippen LogP) is 3.67. The van der Waals surface area contributed by atoms with Gasteiger partial charge in [0.05, 0.1) is 0 Å². The summed E-state index contributed by atoms with van der Waals surface area (Å²) in [7, 11) is 2.18. The van der Waals surface area contributed by atoms with E-state index in [0.29, 0.717) is 11.6 Å². The summed E-state index contributed by atoms with van der Waals surface area (Å²) >= 11 is 0. The van der Waals surface area contributed by atoms with Crippen molar-refractivity contribution < 1.29 is 0 Å². The van der Waals surface area contributed by atoms with Gasteiger partial charge in [-0.1, -0.05) is 32.6 Å². The van der Waals surface area contributed by atoms with E-state index in [1.807, 2.05) is 0 Å². The quantitative estimate of drug-likeness (QED) is 0.817. The fourth-order valence-corrected chi connectivity index (χ4v) is 4.76. The Morgan fingerprint density at radius 1 is 1.11 bits per heavy atom. The van der Waals surface area contributed by atoms with Gasteiger partial charge in [-0.2, -0.15) is 0 Å². The standard InChI is InChI=1S/C17H34N2/c1-5-14-10-6-7-11-15(14)16(18-4)17(2,3)19-12-8-9-13-19/h14-16,18H,5-13H2,1-4H3.